The minimum absolute atomic E-state index is 0.0762. The minimum Gasteiger partial charge on any atom is -0.389 e. The van der Waals surface area contributed by atoms with Gasteiger partial charge in [-0.15, -0.1) is 0 Å². The number of hydrogen-bond donors (Lipinski definition) is 2. The van der Waals surface area contributed by atoms with Gasteiger partial charge >= 0.3 is 0 Å². The Morgan fingerprint density at radius 2 is 1.78 bits per heavy atom. The molecule has 0 bridgehead atoms. The van der Waals surface area contributed by atoms with E-state index in [4.69, 9.17) is 11.6 Å². The summed E-state index contributed by atoms with van der Waals surface area (Å²) in [6.45, 7) is 6.34. The van der Waals surface area contributed by atoms with E-state index >= 15 is 0 Å². The normalized spacial score (nSPS) is 13.7. The van der Waals surface area contributed by atoms with Gasteiger partial charge in [0, 0.05) is 5.02 Å². The van der Waals surface area contributed by atoms with Crippen molar-refractivity contribution >= 4 is 21.6 Å². The smallest absolute Gasteiger partial charge is 0.241 e. The first-order chi connectivity index (χ1) is 7.96. The Kier molecular flexibility index (Phi) is 4.13. The number of hydrogen-bond acceptors (Lipinski definition) is 3. The lowest BCUT2D eigenvalue weighted by Gasteiger charge is -2.37. The maximum atomic E-state index is 12.2. The molecule has 0 fully saturated rings. The number of benzene rings is 1. The predicted molar refractivity (Wildman–Crippen MR) is 72.2 cm³/mol. The molecule has 0 aliphatic carbocycles. The quantitative estimate of drug-likeness (QED) is 0.893. The van der Waals surface area contributed by atoms with E-state index in [1.807, 2.05) is 0 Å². The Morgan fingerprint density at radius 1 is 1.22 bits per heavy atom. The Balaban J connectivity index is 3.11. The fraction of sp³-hybridized carbons (Fsp3) is 0.500. The molecule has 0 spiro atoms. The molecule has 0 aliphatic rings. The molecule has 0 aromatic heterocycles. The Bertz CT molecular complexity index is 532. The summed E-state index contributed by atoms with van der Waals surface area (Å²) in [5.74, 6) is 0. The summed E-state index contributed by atoms with van der Waals surface area (Å²) in [5.41, 5.74) is -2.20. The fourth-order valence-electron chi connectivity index (χ4n) is 1.15. The van der Waals surface area contributed by atoms with Gasteiger partial charge in [-0.2, -0.15) is 0 Å². The highest BCUT2D eigenvalue weighted by Crippen LogP contribution is 2.24. The third-order valence-corrected chi connectivity index (χ3v) is 4.91. The van der Waals surface area contributed by atoms with Gasteiger partial charge in [0.15, 0.2) is 0 Å². The van der Waals surface area contributed by atoms with E-state index in [1.165, 1.54) is 12.1 Å². The summed E-state index contributed by atoms with van der Waals surface area (Å²) in [4.78, 5) is 0.0762. The van der Waals surface area contributed by atoms with Crippen molar-refractivity contribution in [3.63, 3.8) is 0 Å². The molecule has 0 radical (unpaired) electrons. The van der Waals surface area contributed by atoms with Crippen LogP contribution in [0, 0.1) is 0 Å². The monoisotopic (exact) mass is 291 g/mol. The molecule has 4 nitrogen and oxygen atoms in total. The molecule has 2 N–H and O–H groups in total. The van der Waals surface area contributed by atoms with E-state index in [9.17, 15) is 13.5 Å². The van der Waals surface area contributed by atoms with E-state index < -0.39 is 21.2 Å². The zero-order valence-corrected chi connectivity index (χ0v) is 12.4. The largest absolute Gasteiger partial charge is 0.389 e. The second-order valence-electron chi connectivity index (χ2n) is 5.25. The molecule has 6 heteroatoms. The zero-order valence-electron chi connectivity index (χ0n) is 10.9. The van der Waals surface area contributed by atoms with E-state index in [0.717, 1.165) is 0 Å². The van der Waals surface area contributed by atoms with Crippen LogP contribution < -0.4 is 4.72 Å². The summed E-state index contributed by atoms with van der Waals surface area (Å²) in [7, 11) is -3.72. The molecular formula is C12H18ClNO3S. The molecule has 0 atom stereocenters. The van der Waals surface area contributed by atoms with Crippen LogP contribution in [0.15, 0.2) is 29.2 Å². The van der Waals surface area contributed by atoms with Crippen LogP contribution in [0.1, 0.15) is 27.7 Å². The molecule has 0 heterocycles. The molecular weight excluding hydrogens is 274 g/mol. The Labute approximate surface area is 113 Å². The van der Waals surface area contributed by atoms with Crippen molar-refractivity contribution in [2.75, 3.05) is 0 Å². The lowest BCUT2D eigenvalue weighted by molar-refractivity contribution is 0.00639. The van der Waals surface area contributed by atoms with Gasteiger partial charge in [-0.3, -0.25) is 0 Å². The van der Waals surface area contributed by atoms with Crippen LogP contribution >= 0.6 is 11.6 Å². The number of nitrogens with one attached hydrogen (secondary N) is 1. The van der Waals surface area contributed by atoms with E-state index in [0.29, 0.717) is 5.02 Å². The van der Waals surface area contributed by atoms with Gasteiger partial charge < -0.3 is 5.11 Å². The highest BCUT2D eigenvalue weighted by atomic mass is 35.5. The van der Waals surface area contributed by atoms with Crippen LogP contribution in [0.3, 0.4) is 0 Å². The number of aliphatic hydroxyl groups is 1. The number of halogens is 1. The zero-order chi connectivity index (χ0) is 14.2. The van der Waals surface area contributed by atoms with Crippen molar-refractivity contribution in [3.05, 3.63) is 29.3 Å². The van der Waals surface area contributed by atoms with Crippen LogP contribution in [0.2, 0.25) is 5.02 Å². The van der Waals surface area contributed by atoms with Crippen molar-refractivity contribution in [2.45, 2.75) is 43.7 Å². The van der Waals surface area contributed by atoms with Crippen molar-refractivity contribution in [1.29, 1.82) is 0 Å². The first-order valence-electron chi connectivity index (χ1n) is 5.48. The Hall–Kier alpha value is -0.620. The predicted octanol–water partition coefficient (Wildman–Crippen LogP) is 2.17. The molecule has 0 saturated heterocycles. The van der Waals surface area contributed by atoms with Gasteiger partial charge in [-0.05, 0) is 45.9 Å². The van der Waals surface area contributed by atoms with Gasteiger partial charge in [0.2, 0.25) is 10.0 Å². The van der Waals surface area contributed by atoms with E-state index in [2.05, 4.69) is 4.72 Å². The van der Waals surface area contributed by atoms with Crippen LogP contribution in [0.5, 0.6) is 0 Å². The highest BCUT2D eigenvalue weighted by Gasteiger charge is 2.38. The standard InChI is InChI=1S/C12H18ClNO3S/c1-11(2,12(3,4)15)14-18(16,17)10-7-5-6-9(13)8-10/h5-8,14-15H,1-4H3. The average molecular weight is 292 g/mol. The lowest BCUT2D eigenvalue weighted by Crippen LogP contribution is -2.57. The van der Waals surface area contributed by atoms with Crippen LogP contribution in [-0.2, 0) is 10.0 Å². The maximum absolute atomic E-state index is 12.2. The SMILES string of the molecule is CC(C)(O)C(C)(C)NS(=O)(=O)c1cccc(Cl)c1. The van der Waals surface area contributed by atoms with Gasteiger partial charge in [0.05, 0.1) is 16.0 Å². The summed E-state index contributed by atoms with van der Waals surface area (Å²) in [6.07, 6.45) is 0. The van der Waals surface area contributed by atoms with Crippen molar-refractivity contribution in [2.24, 2.45) is 0 Å². The molecule has 0 amide bonds. The fourth-order valence-corrected chi connectivity index (χ4v) is 2.99. The molecule has 18 heavy (non-hydrogen) atoms. The summed E-state index contributed by atoms with van der Waals surface area (Å²) < 4.78 is 26.8. The van der Waals surface area contributed by atoms with Crippen molar-refractivity contribution in [1.82, 2.24) is 4.72 Å². The summed E-state index contributed by atoms with van der Waals surface area (Å²) in [6, 6.07) is 5.98. The van der Waals surface area contributed by atoms with Gasteiger partial charge in [0.1, 0.15) is 0 Å². The minimum atomic E-state index is -3.72. The molecule has 1 aromatic carbocycles. The third kappa shape index (κ3) is 3.45. The Morgan fingerprint density at radius 3 is 2.22 bits per heavy atom. The summed E-state index contributed by atoms with van der Waals surface area (Å²) >= 11 is 5.77. The van der Waals surface area contributed by atoms with Crippen molar-refractivity contribution in [3.8, 4) is 0 Å². The molecule has 0 aliphatic heterocycles. The molecule has 1 rings (SSSR count). The first kappa shape index (κ1) is 15.4. The van der Waals surface area contributed by atoms with Crippen LogP contribution in [0.4, 0.5) is 0 Å². The maximum Gasteiger partial charge on any atom is 0.241 e. The van der Waals surface area contributed by atoms with Crippen LogP contribution in [0.25, 0.3) is 0 Å². The van der Waals surface area contributed by atoms with Gasteiger partial charge in [-0.1, -0.05) is 17.7 Å². The lowest BCUT2D eigenvalue weighted by atomic mass is 9.87. The highest BCUT2D eigenvalue weighted by molar-refractivity contribution is 7.89. The summed E-state index contributed by atoms with van der Waals surface area (Å²) in [5, 5.41) is 10.3. The molecule has 102 valence electrons. The number of sulfonamides is 1. The van der Waals surface area contributed by atoms with Gasteiger partial charge in [-0.25, -0.2) is 13.1 Å². The average Bonchev–Trinajstić information content (AvgIpc) is 2.14. The van der Waals surface area contributed by atoms with Crippen LogP contribution in [-0.4, -0.2) is 24.7 Å². The molecule has 0 unspecified atom stereocenters. The molecule has 1 aromatic rings. The second-order valence-corrected chi connectivity index (χ2v) is 7.37. The van der Waals surface area contributed by atoms with Crippen molar-refractivity contribution < 1.29 is 13.5 Å². The third-order valence-electron chi connectivity index (χ3n) is 3.03. The van der Waals surface area contributed by atoms with E-state index in [1.54, 1.807) is 39.8 Å². The number of rotatable bonds is 4. The van der Waals surface area contributed by atoms with Gasteiger partial charge in [0.25, 0.3) is 0 Å². The first-order valence-corrected chi connectivity index (χ1v) is 7.34. The molecule has 0 saturated carbocycles. The second kappa shape index (κ2) is 4.81. The topological polar surface area (TPSA) is 66.4 Å². The van der Waals surface area contributed by atoms with E-state index in [-0.39, 0.29) is 4.90 Å².